The second kappa shape index (κ2) is 20.0. The van der Waals surface area contributed by atoms with E-state index in [1.54, 1.807) is 0 Å². The van der Waals surface area contributed by atoms with Crippen LogP contribution in [0.4, 0.5) is 0 Å². The SMILES string of the molecule is CCCCNCCN1CCNCCNCCN(CCN)CCNCCNCC1. The van der Waals surface area contributed by atoms with Crippen LogP contribution in [-0.4, -0.2) is 121 Å². The van der Waals surface area contributed by atoms with Crippen LogP contribution in [0.2, 0.25) is 0 Å². The summed E-state index contributed by atoms with van der Waals surface area (Å²) in [4.78, 5) is 5.00. The number of nitrogens with two attached hydrogens (primary N) is 1. The molecule has 1 aliphatic rings. The number of unbranched alkanes of at least 4 members (excludes halogenated alkanes) is 1. The van der Waals surface area contributed by atoms with Crippen molar-refractivity contribution in [1.82, 2.24) is 36.4 Å². The molecule has 0 unspecified atom stereocenters. The molecule has 28 heavy (non-hydrogen) atoms. The molecule has 0 amide bonds. The third-order valence-corrected chi connectivity index (χ3v) is 5.13. The summed E-state index contributed by atoms with van der Waals surface area (Å²) in [6.07, 6.45) is 2.53. The van der Waals surface area contributed by atoms with Crippen molar-refractivity contribution in [2.24, 2.45) is 5.73 Å². The molecule has 1 fully saturated rings. The predicted octanol–water partition coefficient (Wildman–Crippen LogP) is -1.69. The van der Waals surface area contributed by atoms with Crippen molar-refractivity contribution in [2.75, 3.05) is 111 Å². The summed E-state index contributed by atoms with van der Waals surface area (Å²) in [5.74, 6) is 0. The van der Waals surface area contributed by atoms with Crippen LogP contribution in [0.3, 0.4) is 0 Å². The third kappa shape index (κ3) is 15.6. The molecule has 0 atom stereocenters. The fourth-order valence-corrected chi connectivity index (χ4v) is 3.32. The quantitative estimate of drug-likeness (QED) is 0.269. The molecule has 1 aliphatic heterocycles. The van der Waals surface area contributed by atoms with Crippen LogP contribution in [0, 0.1) is 0 Å². The highest BCUT2D eigenvalue weighted by molar-refractivity contribution is 4.67. The fraction of sp³-hybridized carbons (Fsp3) is 1.00. The molecular formula is C20H48N8. The van der Waals surface area contributed by atoms with Crippen molar-refractivity contribution < 1.29 is 0 Å². The zero-order valence-corrected chi connectivity index (χ0v) is 18.4. The molecule has 0 aromatic heterocycles. The van der Waals surface area contributed by atoms with E-state index in [1.165, 1.54) is 12.8 Å². The lowest BCUT2D eigenvalue weighted by Crippen LogP contribution is -2.44. The first kappa shape index (κ1) is 25.7. The van der Waals surface area contributed by atoms with Crippen LogP contribution in [0.1, 0.15) is 19.8 Å². The topological polar surface area (TPSA) is 92.7 Å². The lowest BCUT2D eigenvalue weighted by atomic mass is 10.3. The first-order valence-electron chi connectivity index (χ1n) is 11.5. The predicted molar refractivity (Wildman–Crippen MR) is 121 cm³/mol. The van der Waals surface area contributed by atoms with Gasteiger partial charge in [-0.05, 0) is 13.0 Å². The fourth-order valence-electron chi connectivity index (χ4n) is 3.32. The van der Waals surface area contributed by atoms with Crippen molar-refractivity contribution in [3.05, 3.63) is 0 Å². The summed E-state index contributed by atoms with van der Waals surface area (Å²) >= 11 is 0. The highest BCUT2D eigenvalue weighted by atomic mass is 15.2. The molecule has 8 heteroatoms. The van der Waals surface area contributed by atoms with E-state index in [0.717, 1.165) is 111 Å². The van der Waals surface area contributed by atoms with E-state index >= 15 is 0 Å². The van der Waals surface area contributed by atoms with E-state index in [2.05, 4.69) is 43.3 Å². The van der Waals surface area contributed by atoms with Crippen LogP contribution < -0.4 is 32.3 Å². The van der Waals surface area contributed by atoms with Crippen molar-refractivity contribution >= 4 is 0 Å². The van der Waals surface area contributed by atoms with Gasteiger partial charge in [0.05, 0.1) is 0 Å². The number of nitrogens with zero attached hydrogens (tertiary/aromatic N) is 2. The van der Waals surface area contributed by atoms with Gasteiger partial charge >= 0.3 is 0 Å². The number of hydrogen-bond acceptors (Lipinski definition) is 8. The molecule has 0 aliphatic carbocycles. The molecule has 0 saturated carbocycles. The summed E-state index contributed by atoms with van der Waals surface area (Å²) in [5.41, 5.74) is 5.74. The minimum atomic E-state index is 0.730. The van der Waals surface area contributed by atoms with Gasteiger partial charge in [0.1, 0.15) is 0 Å². The minimum Gasteiger partial charge on any atom is -0.329 e. The Balaban J connectivity index is 2.28. The molecule has 7 N–H and O–H groups in total. The van der Waals surface area contributed by atoms with Gasteiger partial charge in [-0.25, -0.2) is 0 Å². The molecule has 1 heterocycles. The van der Waals surface area contributed by atoms with E-state index in [0.29, 0.717) is 0 Å². The van der Waals surface area contributed by atoms with Crippen molar-refractivity contribution in [2.45, 2.75) is 19.8 Å². The van der Waals surface area contributed by atoms with Gasteiger partial charge < -0.3 is 32.3 Å². The first-order chi connectivity index (χ1) is 13.9. The van der Waals surface area contributed by atoms with Crippen molar-refractivity contribution in [3.8, 4) is 0 Å². The molecule has 0 spiro atoms. The maximum atomic E-state index is 5.74. The zero-order chi connectivity index (χ0) is 20.1. The van der Waals surface area contributed by atoms with E-state index in [1.807, 2.05) is 0 Å². The van der Waals surface area contributed by atoms with Crippen molar-refractivity contribution in [1.29, 1.82) is 0 Å². The van der Waals surface area contributed by atoms with Crippen LogP contribution in [-0.2, 0) is 0 Å². The Kier molecular flexibility index (Phi) is 18.3. The van der Waals surface area contributed by atoms with Gasteiger partial charge in [-0.15, -0.1) is 0 Å². The molecule has 1 rings (SSSR count). The van der Waals surface area contributed by atoms with Crippen LogP contribution in [0.25, 0.3) is 0 Å². The van der Waals surface area contributed by atoms with Gasteiger partial charge in [0.2, 0.25) is 0 Å². The summed E-state index contributed by atoms with van der Waals surface area (Å²) in [7, 11) is 0. The maximum absolute atomic E-state index is 5.74. The summed E-state index contributed by atoms with van der Waals surface area (Å²) < 4.78 is 0. The second-order valence-electron chi connectivity index (χ2n) is 7.58. The van der Waals surface area contributed by atoms with Crippen LogP contribution in [0.15, 0.2) is 0 Å². The Morgan fingerprint density at radius 3 is 1.57 bits per heavy atom. The standard InChI is InChI=1S/C20H48N8/c1-2-3-5-22-10-18-28-19-13-25-8-6-23-11-16-27(15-4-21)17-12-24-7-9-26-14-20-28/h22-26H,2-21H2,1H3. The van der Waals surface area contributed by atoms with Gasteiger partial charge in [0.25, 0.3) is 0 Å². The average Bonchev–Trinajstić information content (AvgIpc) is 2.70. The normalized spacial score (nSPS) is 21.2. The largest absolute Gasteiger partial charge is 0.329 e. The van der Waals surface area contributed by atoms with E-state index < -0.39 is 0 Å². The lowest BCUT2D eigenvalue weighted by molar-refractivity contribution is 0.267. The molecular weight excluding hydrogens is 352 g/mol. The lowest BCUT2D eigenvalue weighted by Gasteiger charge is -2.24. The number of rotatable bonds is 8. The van der Waals surface area contributed by atoms with Gasteiger partial charge in [-0.2, -0.15) is 0 Å². The van der Waals surface area contributed by atoms with Crippen molar-refractivity contribution in [3.63, 3.8) is 0 Å². The Labute approximate surface area is 173 Å². The number of hydrogen-bond donors (Lipinski definition) is 6. The first-order valence-corrected chi connectivity index (χ1v) is 11.5. The molecule has 0 aromatic carbocycles. The monoisotopic (exact) mass is 400 g/mol. The number of nitrogens with one attached hydrogen (secondary N) is 5. The van der Waals surface area contributed by atoms with Crippen LogP contribution in [0.5, 0.6) is 0 Å². The molecule has 1 saturated heterocycles. The van der Waals surface area contributed by atoms with Gasteiger partial charge in [0, 0.05) is 105 Å². The summed E-state index contributed by atoms with van der Waals surface area (Å²) in [5, 5.41) is 17.8. The zero-order valence-electron chi connectivity index (χ0n) is 18.4. The minimum absolute atomic E-state index is 0.730. The molecule has 8 nitrogen and oxygen atoms in total. The Hall–Kier alpha value is -0.320. The van der Waals surface area contributed by atoms with E-state index in [-0.39, 0.29) is 0 Å². The highest BCUT2D eigenvalue weighted by Gasteiger charge is 2.05. The Bertz CT molecular complexity index is 299. The molecule has 0 aromatic rings. The van der Waals surface area contributed by atoms with E-state index in [9.17, 15) is 0 Å². The van der Waals surface area contributed by atoms with Gasteiger partial charge in [0.15, 0.2) is 0 Å². The molecule has 0 radical (unpaired) electrons. The van der Waals surface area contributed by atoms with E-state index in [4.69, 9.17) is 5.73 Å². The summed E-state index contributed by atoms with van der Waals surface area (Å²) in [6.45, 7) is 19.9. The second-order valence-corrected chi connectivity index (χ2v) is 7.58. The summed E-state index contributed by atoms with van der Waals surface area (Å²) in [6, 6.07) is 0. The average molecular weight is 401 g/mol. The van der Waals surface area contributed by atoms with Gasteiger partial charge in [-0.3, -0.25) is 9.80 Å². The Morgan fingerprint density at radius 1 is 0.679 bits per heavy atom. The molecule has 168 valence electrons. The highest BCUT2D eigenvalue weighted by Crippen LogP contribution is 1.88. The maximum Gasteiger partial charge on any atom is 0.0108 e. The third-order valence-electron chi connectivity index (χ3n) is 5.13. The smallest absolute Gasteiger partial charge is 0.0108 e. The van der Waals surface area contributed by atoms with Crippen LogP contribution >= 0.6 is 0 Å². The molecule has 0 bridgehead atoms. The van der Waals surface area contributed by atoms with Gasteiger partial charge in [-0.1, -0.05) is 13.3 Å². The Morgan fingerprint density at radius 2 is 1.14 bits per heavy atom.